The van der Waals surface area contributed by atoms with Gasteiger partial charge in [-0.25, -0.2) is 0 Å². The lowest BCUT2D eigenvalue weighted by molar-refractivity contribution is 0.125. The first-order valence-corrected chi connectivity index (χ1v) is 5.06. The van der Waals surface area contributed by atoms with Gasteiger partial charge < -0.3 is 4.74 Å². The van der Waals surface area contributed by atoms with Gasteiger partial charge in [0.2, 0.25) is 0 Å². The van der Waals surface area contributed by atoms with Crippen LogP contribution in [0.4, 0.5) is 0 Å². The maximum Gasteiger partial charge on any atom is 0.0727 e. The van der Waals surface area contributed by atoms with Crippen LogP contribution in [0.5, 0.6) is 0 Å². The quantitative estimate of drug-likeness (QED) is 0.565. The van der Waals surface area contributed by atoms with Crippen molar-refractivity contribution in [1.82, 2.24) is 0 Å². The van der Waals surface area contributed by atoms with Crippen molar-refractivity contribution in [1.29, 1.82) is 0 Å². The third-order valence-corrected chi connectivity index (χ3v) is 2.46. The van der Waals surface area contributed by atoms with E-state index in [0.717, 1.165) is 17.5 Å². The highest BCUT2D eigenvalue weighted by Gasteiger charge is 1.96. The first kappa shape index (κ1) is 10.5. The lowest BCUT2D eigenvalue weighted by Gasteiger charge is -2.04. The van der Waals surface area contributed by atoms with Crippen molar-refractivity contribution in [3.63, 3.8) is 0 Å². The highest BCUT2D eigenvalue weighted by molar-refractivity contribution is 9.10. The van der Waals surface area contributed by atoms with Gasteiger partial charge in [-0.2, -0.15) is 0 Å². The molecule has 0 aliphatic heterocycles. The minimum absolute atomic E-state index is 0.662. The van der Waals surface area contributed by atoms with Gasteiger partial charge in [-0.05, 0) is 18.1 Å². The van der Waals surface area contributed by atoms with Crippen LogP contribution in [0.3, 0.4) is 0 Å². The van der Waals surface area contributed by atoms with Crippen LogP contribution in [0.2, 0.25) is 0 Å². The Labute approximate surface area is 87.5 Å². The van der Waals surface area contributed by atoms with E-state index in [0.29, 0.717) is 6.61 Å². The summed E-state index contributed by atoms with van der Waals surface area (Å²) in [6.45, 7) is 5.04. The number of hydrogen-bond donors (Lipinski definition) is 0. The molecule has 0 heterocycles. The molecule has 1 nitrogen and oxygen atoms in total. The summed E-state index contributed by atoms with van der Waals surface area (Å²) in [6, 6.07) is 8.08. The third kappa shape index (κ3) is 3.75. The van der Waals surface area contributed by atoms with Crippen LogP contribution in [0.1, 0.15) is 12.0 Å². The smallest absolute Gasteiger partial charge is 0.0727 e. The second-order valence-electron chi connectivity index (χ2n) is 2.72. The second kappa shape index (κ2) is 5.95. The number of hydrogen-bond acceptors (Lipinski definition) is 1. The molecule has 0 radical (unpaired) electrons. The molecule has 1 aromatic carbocycles. The van der Waals surface area contributed by atoms with Crippen LogP contribution in [-0.4, -0.2) is 6.61 Å². The fourth-order valence-electron chi connectivity index (χ4n) is 0.964. The Morgan fingerprint density at radius 1 is 1.38 bits per heavy atom. The minimum atomic E-state index is 0.662. The normalized spacial score (nSPS) is 9.92. The molecule has 0 atom stereocenters. The van der Waals surface area contributed by atoms with E-state index in [-0.39, 0.29) is 0 Å². The van der Waals surface area contributed by atoms with Crippen molar-refractivity contribution in [3.05, 3.63) is 47.0 Å². The van der Waals surface area contributed by atoms with Crippen LogP contribution in [0.15, 0.2) is 41.4 Å². The monoisotopic (exact) mass is 240 g/mol. The van der Waals surface area contributed by atoms with Gasteiger partial charge in [0.25, 0.3) is 0 Å². The SMILES string of the molecule is C=CCCOCc1ccccc1Br. The summed E-state index contributed by atoms with van der Waals surface area (Å²) in [4.78, 5) is 0. The van der Waals surface area contributed by atoms with Crippen LogP contribution >= 0.6 is 15.9 Å². The average molecular weight is 241 g/mol. The summed E-state index contributed by atoms with van der Waals surface area (Å²) in [5.41, 5.74) is 1.19. The van der Waals surface area contributed by atoms with E-state index < -0.39 is 0 Å². The van der Waals surface area contributed by atoms with E-state index in [1.54, 1.807) is 0 Å². The molecule has 1 aromatic rings. The average Bonchev–Trinajstić information content (AvgIpc) is 2.15. The van der Waals surface area contributed by atoms with Crippen LogP contribution in [-0.2, 0) is 11.3 Å². The van der Waals surface area contributed by atoms with Crippen LogP contribution in [0.25, 0.3) is 0 Å². The summed E-state index contributed by atoms with van der Waals surface area (Å²) in [6.07, 6.45) is 2.77. The Bertz CT molecular complexity index is 271. The molecule has 0 saturated heterocycles. The molecular weight excluding hydrogens is 228 g/mol. The second-order valence-corrected chi connectivity index (χ2v) is 3.58. The Kier molecular flexibility index (Phi) is 4.79. The summed E-state index contributed by atoms with van der Waals surface area (Å²) in [7, 11) is 0. The number of benzene rings is 1. The molecule has 0 aromatic heterocycles. The summed E-state index contributed by atoms with van der Waals surface area (Å²) >= 11 is 3.47. The van der Waals surface area contributed by atoms with Crippen LogP contribution < -0.4 is 0 Å². The lowest BCUT2D eigenvalue weighted by Crippen LogP contribution is -1.94. The highest BCUT2D eigenvalue weighted by Crippen LogP contribution is 2.16. The molecule has 0 N–H and O–H groups in total. The zero-order valence-corrected chi connectivity index (χ0v) is 9.09. The first-order valence-electron chi connectivity index (χ1n) is 4.26. The number of halogens is 1. The van der Waals surface area contributed by atoms with E-state index in [4.69, 9.17) is 4.74 Å². The largest absolute Gasteiger partial charge is 0.376 e. The fraction of sp³-hybridized carbons (Fsp3) is 0.273. The van der Waals surface area contributed by atoms with E-state index in [1.807, 2.05) is 24.3 Å². The van der Waals surface area contributed by atoms with Crippen molar-refractivity contribution < 1.29 is 4.74 Å². The molecule has 0 amide bonds. The van der Waals surface area contributed by atoms with Gasteiger partial charge in [0, 0.05) is 4.47 Å². The molecule has 0 saturated carbocycles. The molecule has 70 valence electrons. The topological polar surface area (TPSA) is 9.23 Å². The van der Waals surface area contributed by atoms with Crippen molar-refractivity contribution in [2.24, 2.45) is 0 Å². The minimum Gasteiger partial charge on any atom is -0.376 e. The van der Waals surface area contributed by atoms with Crippen LogP contribution in [0, 0.1) is 0 Å². The molecule has 0 aliphatic carbocycles. The number of ether oxygens (including phenoxy) is 1. The molecule has 0 spiro atoms. The molecule has 0 aliphatic rings. The molecular formula is C11H13BrO. The van der Waals surface area contributed by atoms with E-state index in [2.05, 4.69) is 28.6 Å². The van der Waals surface area contributed by atoms with E-state index in [1.165, 1.54) is 5.56 Å². The van der Waals surface area contributed by atoms with E-state index >= 15 is 0 Å². The van der Waals surface area contributed by atoms with Gasteiger partial charge in [-0.15, -0.1) is 6.58 Å². The van der Waals surface area contributed by atoms with Gasteiger partial charge in [-0.3, -0.25) is 0 Å². The van der Waals surface area contributed by atoms with Gasteiger partial charge >= 0.3 is 0 Å². The van der Waals surface area contributed by atoms with Crippen molar-refractivity contribution in [2.45, 2.75) is 13.0 Å². The summed E-state index contributed by atoms with van der Waals surface area (Å²) in [5, 5.41) is 0. The standard InChI is InChI=1S/C11H13BrO/c1-2-3-8-13-9-10-6-4-5-7-11(10)12/h2,4-7H,1,3,8-9H2. The molecule has 2 heteroatoms. The predicted molar refractivity (Wildman–Crippen MR) is 58.6 cm³/mol. The number of rotatable bonds is 5. The molecule has 1 rings (SSSR count). The maximum atomic E-state index is 5.44. The summed E-state index contributed by atoms with van der Waals surface area (Å²) in [5.74, 6) is 0. The predicted octanol–water partition coefficient (Wildman–Crippen LogP) is 3.54. The van der Waals surface area contributed by atoms with Gasteiger partial charge in [0.1, 0.15) is 0 Å². The molecule has 13 heavy (non-hydrogen) atoms. The van der Waals surface area contributed by atoms with Gasteiger partial charge in [0.05, 0.1) is 13.2 Å². The van der Waals surface area contributed by atoms with Crippen molar-refractivity contribution in [2.75, 3.05) is 6.61 Å². The Hall–Kier alpha value is -0.600. The van der Waals surface area contributed by atoms with Crippen molar-refractivity contribution >= 4 is 15.9 Å². The summed E-state index contributed by atoms with van der Waals surface area (Å²) < 4.78 is 6.54. The Balaban J connectivity index is 2.36. The zero-order valence-electron chi connectivity index (χ0n) is 7.50. The zero-order chi connectivity index (χ0) is 9.52. The van der Waals surface area contributed by atoms with Gasteiger partial charge in [0.15, 0.2) is 0 Å². The van der Waals surface area contributed by atoms with Gasteiger partial charge in [-0.1, -0.05) is 40.2 Å². The Morgan fingerprint density at radius 2 is 2.15 bits per heavy atom. The molecule has 0 bridgehead atoms. The molecule has 0 fully saturated rings. The van der Waals surface area contributed by atoms with Crippen molar-refractivity contribution in [3.8, 4) is 0 Å². The fourth-order valence-corrected chi connectivity index (χ4v) is 1.36. The lowest BCUT2D eigenvalue weighted by atomic mass is 10.2. The van der Waals surface area contributed by atoms with E-state index in [9.17, 15) is 0 Å². The maximum absolute atomic E-state index is 5.44. The third-order valence-electron chi connectivity index (χ3n) is 1.68. The highest BCUT2D eigenvalue weighted by atomic mass is 79.9. The Morgan fingerprint density at radius 3 is 2.85 bits per heavy atom. The molecule has 0 unspecified atom stereocenters. The first-order chi connectivity index (χ1) is 6.34.